The van der Waals surface area contributed by atoms with Crippen molar-refractivity contribution in [1.82, 2.24) is 0 Å². The first kappa shape index (κ1) is 18.2. The molecular weight excluding hydrogens is 326 g/mol. The summed E-state index contributed by atoms with van der Waals surface area (Å²) in [4.78, 5) is 23.7. The van der Waals surface area contributed by atoms with E-state index in [9.17, 15) is 9.59 Å². The van der Waals surface area contributed by atoms with E-state index in [1.165, 1.54) is 11.3 Å². The Bertz CT molecular complexity index is 642. The predicted molar refractivity (Wildman–Crippen MR) is 88.7 cm³/mol. The summed E-state index contributed by atoms with van der Waals surface area (Å²) in [7, 11) is 0. The second-order valence-electron chi connectivity index (χ2n) is 4.12. The molecule has 2 rings (SSSR count). The summed E-state index contributed by atoms with van der Waals surface area (Å²) in [6.07, 6.45) is 0. The van der Waals surface area contributed by atoms with Crippen LogP contribution < -0.4 is 5.32 Å². The fraction of sp³-hybridized carbons (Fsp3) is 0.200. The van der Waals surface area contributed by atoms with Crippen LogP contribution in [-0.2, 0) is 9.53 Å². The van der Waals surface area contributed by atoms with Crippen molar-refractivity contribution in [2.24, 2.45) is 0 Å². The van der Waals surface area contributed by atoms with Gasteiger partial charge in [-0.25, -0.2) is 4.79 Å². The largest absolute Gasteiger partial charge is 0.462 e. The number of halogens is 1. The molecule has 0 atom stereocenters. The molecule has 0 saturated carbocycles. The third kappa shape index (κ3) is 4.07. The van der Waals surface area contributed by atoms with Crippen molar-refractivity contribution in [2.45, 2.75) is 6.92 Å². The monoisotopic (exact) mass is 341 g/mol. The summed E-state index contributed by atoms with van der Waals surface area (Å²) in [6, 6.07) is 9.48. The zero-order valence-electron chi connectivity index (χ0n) is 11.9. The van der Waals surface area contributed by atoms with Gasteiger partial charge in [0.25, 0.3) is 0 Å². The van der Waals surface area contributed by atoms with Crippen LogP contribution in [0.3, 0.4) is 0 Å². The van der Waals surface area contributed by atoms with E-state index in [0.29, 0.717) is 10.6 Å². The van der Waals surface area contributed by atoms with Crippen molar-refractivity contribution in [3.05, 3.63) is 41.3 Å². The quantitative estimate of drug-likeness (QED) is 0.670. The number of hydrogen-bond donors (Lipinski definition) is 1. The third-order valence-corrected chi connectivity index (χ3v) is 3.87. The van der Waals surface area contributed by atoms with Gasteiger partial charge >= 0.3 is 5.97 Å². The molecule has 3 N–H and O–H groups in total. The van der Waals surface area contributed by atoms with Gasteiger partial charge in [-0.1, -0.05) is 30.3 Å². The Morgan fingerprint density at radius 3 is 2.55 bits per heavy atom. The van der Waals surface area contributed by atoms with Gasteiger partial charge in [0.2, 0.25) is 5.91 Å². The van der Waals surface area contributed by atoms with E-state index in [0.717, 1.165) is 11.1 Å². The lowest BCUT2D eigenvalue weighted by Gasteiger charge is -2.08. The van der Waals surface area contributed by atoms with Crippen LogP contribution in [0.5, 0.6) is 0 Å². The topological polar surface area (TPSA) is 86.9 Å². The molecule has 0 bridgehead atoms. The number of alkyl halides is 1. The number of carbonyl (C=O) groups excluding carboxylic acids is 2. The molecule has 1 heterocycles. The average molecular weight is 342 g/mol. The van der Waals surface area contributed by atoms with Crippen molar-refractivity contribution in [2.75, 3.05) is 17.8 Å². The number of hydrogen-bond acceptors (Lipinski definition) is 4. The van der Waals surface area contributed by atoms with Gasteiger partial charge in [-0.2, -0.15) is 0 Å². The molecule has 118 valence electrons. The maximum atomic E-state index is 12.2. The number of thiophene rings is 1. The lowest BCUT2D eigenvalue weighted by Crippen LogP contribution is -2.15. The zero-order valence-corrected chi connectivity index (χ0v) is 13.5. The number of amides is 1. The number of carbonyl (C=O) groups is 2. The number of esters is 1. The van der Waals surface area contributed by atoms with Crippen LogP contribution in [0.25, 0.3) is 11.1 Å². The van der Waals surface area contributed by atoms with E-state index < -0.39 is 5.97 Å². The first-order valence-electron chi connectivity index (χ1n) is 6.37. The van der Waals surface area contributed by atoms with Gasteiger partial charge in [0.05, 0.1) is 6.61 Å². The number of benzene rings is 1. The molecule has 0 fully saturated rings. The van der Waals surface area contributed by atoms with E-state index in [1.54, 1.807) is 6.92 Å². The van der Waals surface area contributed by atoms with E-state index in [-0.39, 0.29) is 23.9 Å². The van der Waals surface area contributed by atoms with Crippen molar-refractivity contribution in [3.63, 3.8) is 0 Å². The van der Waals surface area contributed by atoms with Gasteiger partial charge in [-0.05, 0) is 12.5 Å². The minimum absolute atomic E-state index is 0. The highest BCUT2D eigenvalue weighted by atomic mass is 35.5. The van der Waals surface area contributed by atoms with E-state index in [4.69, 9.17) is 16.3 Å². The third-order valence-electron chi connectivity index (χ3n) is 2.73. The SMILES string of the molecule is CCOC(=O)c1c(-c2ccccc2)csc1NC(=O)CCl.O. The lowest BCUT2D eigenvalue weighted by atomic mass is 10.0. The van der Waals surface area contributed by atoms with Gasteiger partial charge in [-0.3, -0.25) is 4.79 Å². The Kier molecular flexibility index (Phi) is 7.04. The summed E-state index contributed by atoms with van der Waals surface area (Å²) in [6.45, 7) is 2.01. The Hall–Kier alpha value is -1.89. The summed E-state index contributed by atoms with van der Waals surface area (Å²) in [5.41, 5.74) is 2.00. The lowest BCUT2D eigenvalue weighted by molar-refractivity contribution is -0.113. The van der Waals surface area contributed by atoms with Crippen molar-refractivity contribution >= 4 is 39.8 Å². The van der Waals surface area contributed by atoms with Crippen LogP contribution in [0.1, 0.15) is 17.3 Å². The molecule has 1 aromatic carbocycles. The van der Waals surface area contributed by atoms with Gasteiger partial charge < -0.3 is 15.5 Å². The molecule has 2 aromatic rings. The molecule has 22 heavy (non-hydrogen) atoms. The second kappa shape index (κ2) is 8.53. The van der Waals surface area contributed by atoms with Gasteiger partial charge in [0.15, 0.2) is 0 Å². The molecule has 0 aliphatic rings. The van der Waals surface area contributed by atoms with Gasteiger partial charge in [0.1, 0.15) is 16.4 Å². The summed E-state index contributed by atoms with van der Waals surface area (Å²) in [5.74, 6) is -0.980. The number of nitrogens with one attached hydrogen (secondary N) is 1. The number of ether oxygens (including phenoxy) is 1. The molecule has 7 heteroatoms. The van der Waals surface area contributed by atoms with Crippen LogP contribution in [0.15, 0.2) is 35.7 Å². The minimum Gasteiger partial charge on any atom is -0.462 e. The molecule has 1 amide bonds. The molecule has 0 aliphatic heterocycles. The summed E-state index contributed by atoms with van der Waals surface area (Å²) in [5, 5.41) is 4.92. The van der Waals surface area contributed by atoms with Crippen LogP contribution in [0.4, 0.5) is 5.00 Å². The number of anilines is 1. The molecule has 0 spiro atoms. The Labute approximate surface area is 137 Å². The average Bonchev–Trinajstić information content (AvgIpc) is 2.92. The molecule has 0 unspecified atom stereocenters. The van der Waals surface area contributed by atoms with Crippen molar-refractivity contribution < 1.29 is 19.8 Å². The highest BCUT2D eigenvalue weighted by Crippen LogP contribution is 2.36. The maximum absolute atomic E-state index is 12.2. The molecule has 0 saturated heterocycles. The first-order valence-corrected chi connectivity index (χ1v) is 7.78. The zero-order chi connectivity index (χ0) is 15.2. The van der Waals surface area contributed by atoms with Crippen molar-refractivity contribution in [1.29, 1.82) is 0 Å². The fourth-order valence-electron chi connectivity index (χ4n) is 1.85. The molecular formula is C15H16ClNO4S. The Morgan fingerprint density at radius 2 is 1.95 bits per heavy atom. The highest BCUT2D eigenvalue weighted by molar-refractivity contribution is 7.15. The van der Waals surface area contributed by atoms with Crippen LogP contribution in [0.2, 0.25) is 0 Å². The maximum Gasteiger partial charge on any atom is 0.341 e. The van der Waals surface area contributed by atoms with Crippen LogP contribution in [0, 0.1) is 0 Å². The molecule has 0 radical (unpaired) electrons. The van der Waals surface area contributed by atoms with E-state index in [2.05, 4.69) is 5.32 Å². The van der Waals surface area contributed by atoms with E-state index >= 15 is 0 Å². The van der Waals surface area contributed by atoms with Gasteiger partial charge in [0, 0.05) is 10.9 Å². The minimum atomic E-state index is -0.456. The standard InChI is InChI=1S/C15H14ClNO3S.H2O/c1-2-20-15(19)13-11(10-6-4-3-5-7-10)9-21-14(13)17-12(18)8-16;/h3-7,9H,2,8H2,1H3,(H,17,18);1H2. The highest BCUT2D eigenvalue weighted by Gasteiger charge is 2.22. The first-order chi connectivity index (χ1) is 10.2. The molecule has 0 aliphatic carbocycles. The second-order valence-corrected chi connectivity index (χ2v) is 5.27. The van der Waals surface area contributed by atoms with Crippen LogP contribution in [-0.4, -0.2) is 29.8 Å². The van der Waals surface area contributed by atoms with Gasteiger partial charge in [-0.15, -0.1) is 22.9 Å². The fourth-order valence-corrected chi connectivity index (χ4v) is 2.89. The predicted octanol–water partition coefficient (Wildman–Crippen LogP) is 2.94. The smallest absolute Gasteiger partial charge is 0.341 e. The van der Waals surface area contributed by atoms with Crippen LogP contribution >= 0.6 is 22.9 Å². The Balaban J connectivity index is 0.00000242. The Morgan fingerprint density at radius 1 is 1.27 bits per heavy atom. The summed E-state index contributed by atoms with van der Waals surface area (Å²) < 4.78 is 5.09. The molecule has 1 aromatic heterocycles. The normalized spacial score (nSPS) is 9.73. The van der Waals surface area contributed by atoms with E-state index in [1.807, 2.05) is 35.7 Å². The molecule has 5 nitrogen and oxygen atoms in total. The van der Waals surface area contributed by atoms with Crippen molar-refractivity contribution in [3.8, 4) is 11.1 Å². The summed E-state index contributed by atoms with van der Waals surface area (Å²) >= 11 is 6.77. The number of rotatable bonds is 5.